The lowest BCUT2D eigenvalue weighted by molar-refractivity contribution is 0.669. The van der Waals surface area contributed by atoms with Crippen molar-refractivity contribution in [2.24, 2.45) is 0 Å². The van der Waals surface area contributed by atoms with Crippen LogP contribution in [0.4, 0.5) is 0 Å². The Balaban J connectivity index is 0.976. The zero-order valence-electron chi connectivity index (χ0n) is 34.5. The predicted octanol–water partition coefficient (Wildman–Crippen LogP) is 15.5. The summed E-state index contributed by atoms with van der Waals surface area (Å²) in [6, 6.07) is 58.7. The largest absolute Gasteiger partial charge is 0.456 e. The summed E-state index contributed by atoms with van der Waals surface area (Å²) >= 11 is 0. The van der Waals surface area contributed by atoms with Crippen molar-refractivity contribution in [3.05, 3.63) is 198 Å². The van der Waals surface area contributed by atoms with Gasteiger partial charge in [-0.3, -0.25) is 0 Å². The van der Waals surface area contributed by atoms with E-state index in [1.54, 1.807) is 0 Å². The number of nitrogens with zero attached hydrogens (tertiary/aromatic N) is 3. The minimum absolute atomic E-state index is 0.666. The van der Waals surface area contributed by atoms with Gasteiger partial charge in [0.15, 0.2) is 17.5 Å². The van der Waals surface area contributed by atoms with Crippen LogP contribution in [0.5, 0.6) is 0 Å². The standard InChI is InChI=1S/C59H39N3O/c1-2-13-36(14-3-1)39-29-30-54-53(33-39)56-46(23-12-24-55(56)63-54)42-27-25-38-32-43(28-26-37(38)31-42)57-60-58(51-34-40-15-4-6-17-44(40)47-19-8-10-21-49(47)51)62-59(61-57)52-35-41-16-5-7-18-45(41)48-20-9-11-22-50(48)52/h1-8,11-19,22-35H,9-10,20-21H2. The molecule has 4 nitrogen and oxygen atoms in total. The highest BCUT2D eigenvalue weighted by Crippen LogP contribution is 2.42. The fourth-order valence-electron chi connectivity index (χ4n) is 10.2. The first-order chi connectivity index (χ1) is 31.2. The van der Waals surface area contributed by atoms with E-state index in [1.807, 2.05) is 0 Å². The molecular formula is C59H39N3O. The average molecular weight is 806 g/mol. The van der Waals surface area contributed by atoms with E-state index in [2.05, 4.69) is 188 Å². The third kappa shape index (κ3) is 5.94. The summed E-state index contributed by atoms with van der Waals surface area (Å²) in [6.45, 7) is 0. The summed E-state index contributed by atoms with van der Waals surface area (Å²) in [5.74, 6) is 2.07. The van der Waals surface area contributed by atoms with Crippen LogP contribution in [0.25, 0.3) is 123 Å². The van der Waals surface area contributed by atoms with Crippen LogP contribution in [0.1, 0.15) is 35.1 Å². The monoisotopic (exact) mass is 805 g/mol. The molecule has 0 fully saturated rings. The van der Waals surface area contributed by atoms with Gasteiger partial charge < -0.3 is 4.42 Å². The van der Waals surface area contributed by atoms with E-state index in [1.165, 1.54) is 54.9 Å². The Morgan fingerprint density at radius 3 is 1.86 bits per heavy atom. The van der Waals surface area contributed by atoms with Gasteiger partial charge >= 0.3 is 0 Å². The van der Waals surface area contributed by atoms with Gasteiger partial charge in [-0.1, -0.05) is 146 Å². The molecule has 0 atom stereocenters. The molecule has 0 unspecified atom stereocenters. The van der Waals surface area contributed by atoms with Crippen LogP contribution in [-0.2, 0) is 12.8 Å². The van der Waals surface area contributed by atoms with Crippen molar-refractivity contribution in [2.45, 2.75) is 25.7 Å². The number of fused-ring (bicyclic) bond motifs is 10. The molecule has 13 rings (SSSR count). The fourth-order valence-corrected chi connectivity index (χ4v) is 10.2. The summed E-state index contributed by atoms with van der Waals surface area (Å²) in [6.07, 6.45) is 13.1. The molecule has 63 heavy (non-hydrogen) atoms. The minimum Gasteiger partial charge on any atom is -0.456 e. The molecule has 0 saturated carbocycles. The van der Waals surface area contributed by atoms with E-state index in [0.717, 1.165) is 86.2 Å². The van der Waals surface area contributed by atoms with Crippen LogP contribution in [0.2, 0.25) is 0 Å². The van der Waals surface area contributed by atoms with Gasteiger partial charge in [0.1, 0.15) is 11.2 Å². The molecule has 4 heteroatoms. The highest BCUT2D eigenvalue weighted by atomic mass is 16.3. The molecule has 0 aliphatic heterocycles. The van der Waals surface area contributed by atoms with Crippen LogP contribution < -0.4 is 0 Å². The SMILES string of the molecule is C1=Cc2c(c(-c3nc(-c4ccc5cc(-c6cccc7oc8ccc(-c9ccccc9)cc8c67)ccc5c4)nc(-c4cc5ccccc5c5c4C=CCC5)n3)cc3ccccc23)CC1. The van der Waals surface area contributed by atoms with E-state index in [-0.39, 0.29) is 0 Å². The Bertz CT molecular complexity index is 3740. The van der Waals surface area contributed by atoms with Gasteiger partial charge in [0.2, 0.25) is 0 Å². The topological polar surface area (TPSA) is 51.8 Å². The summed E-state index contributed by atoms with van der Waals surface area (Å²) in [7, 11) is 0. The number of benzene rings is 9. The molecule has 0 saturated heterocycles. The normalized spacial score (nSPS) is 13.3. The second-order valence-corrected chi connectivity index (χ2v) is 16.9. The van der Waals surface area contributed by atoms with Gasteiger partial charge in [0.25, 0.3) is 0 Å². The average Bonchev–Trinajstić information content (AvgIpc) is 3.74. The Labute approximate surface area is 364 Å². The zero-order chi connectivity index (χ0) is 41.4. The lowest BCUT2D eigenvalue weighted by Crippen LogP contribution is -2.06. The van der Waals surface area contributed by atoms with E-state index in [4.69, 9.17) is 19.4 Å². The quantitative estimate of drug-likeness (QED) is 0.174. The molecule has 2 aromatic heterocycles. The third-order valence-electron chi connectivity index (χ3n) is 13.2. The van der Waals surface area contributed by atoms with Crippen molar-refractivity contribution in [1.82, 2.24) is 15.0 Å². The van der Waals surface area contributed by atoms with Crippen molar-refractivity contribution < 1.29 is 4.42 Å². The smallest absolute Gasteiger partial charge is 0.164 e. The molecule has 0 N–H and O–H groups in total. The molecular weight excluding hydrogens is 767 g/mol. The van der Waals surface area contributed by atoms with Crippen molar-refractivity contribution in [3.63, 3.8) is 0 Å². The molecule has 0 bridgehead atoms. The maximum Gasteiger partial charge on any atom is 0.164 e. The van der Waals surface area contributed by atoms with Gasteiger partial charge in [-0.15, -0.1) is 0 Å². The maximum absolute atomic E-state index is 6.42. The maximum atomic E-state index is 6.42. The number of aromatic nitrogens is 3. The van der Waals surface area contributed by atoms with Crippen molar-refractivity contribution in [1.29, 1.82) is 0 Å². The molecule has 9 aromatic carbocycles. The van der Waals surface area contributed by atoms with Crippen LogP contribution in [0, 0.1) is 0 Å². The number of hydrogen-bond donors (Lipinski definition) is 0. The number of furan rings is 1. The molecule has 11 aromatic rings. The lowest BCUT2D eigenvalue weighted by Gasteiger charge is -2.20. The van der Waals surface area contributed by atoms with E-state index in [9.17, 15) is 0 Å². The second kappa shape index (κ2) is 14.3. The van der Waals surface area contributed by atoms with Gasteiger partial charge in [0, 0.05) is 27.5 Å². The predicted molar refractivity (Wildman–Crippen MR) is 262 cm³/mol. The number of aryl methyl sites for hydroxylation is 1. The van der Waals surface area contributed by atoms with Crippen molar-refractivity contribution in [2.75, 3.05) is 0 Å². The highest BCUT2D eigenvalue weighted by molar-refractivity contribution is 6.14. The first-order valence-electron chi connectivity index (χ1n) is 21.9. The molecule has 2 aliphatic rings. The Kier molecular flexibility index (Phi) is 8.13. The van der Waals surface area contributed by atoms with Gasteiger partial charge in [-0.25, -0.2) is 15.0 Å². The van der Waals surface area contributed by atoms with E-state index in [0.29, 0.717) is 17.5 Å². The first kappa shape index (κ1) is 35.8. The first-order valence-corrected chi connectivity index (χ1v) is 21.9. The van der Waals surface area contributed by atoms with Gasteiger partial charge in [-0.05, 0) is 145 Å². The van der Waals surface area contributed by atoms with Gasteiger partial charge in [0.05, 0.1) is 0 Å². The Morgan fingerprint density at radius 2 is 1.02 bits per heavy atom. The molecule has 0 radical (unpaired) electrons. The summed E-state index contributed by atoms with van der Waals surface area (Å²) in [4.78, 5) is 16.2. The Morgan fingerprint density at radius 1 is 0.365 bits per heavy atom. The third-order valence-corrected chi connectivity index (χ3v) is 13.2. The molecule has 2 heterocycles. The summed E-state index contributed by atoms with van der Waals surface area (Å²) < 4.78 is 6.42. The van der Waals surface area contributed by atoms with Crippen LogP contribution in [0.3, 0.4) is 0 Å². The highest BCUT2D eigenvalue weighted by Gasteiger charge is 2.23. The van der Waals surface area contributed by atoms with Crippen LogP contribution in [-0.4, -0.2) is 15.0 Å². The molecule has 0 spiro atoms. The van der Waals surface area contributed by atoms with Crippen molar-refractivity contribution >= 4 is 66.4 Å². The van der Waals surface area contributed by atoms with E-state index < -0.39 is 0 Å². The van der Waals surface area contributed by atoms with Crippen molar-refractivity contribution in [3.8, 4) is 56.4 Å². The summed E-state index contributed by atoms with van der Waals surface area (Å²) in [5, 5.41) is 9.46. The van der Waals surface area contributed by atoms with Gasteiger partial charge in [-0.2, -0.15) is 0 Å². The minimum atomic E-state index is 0.666. The number of rotatable bonds is 5. The second-order valence-electron chi connectivity index (χ2n) is 16.9. The molecule has 2 aliphatic carbocycles. The molecule has 0 amide bonds. The van der Waals surface area contributed by atoms with Crippen LogP contribution in [0.15, 0.2) is 180 Å². The zero-order valence-corrected chi connectivity index (χ0v) is 34.5. The number of hydrogen-bond acceptors (Lipinski definition) is 4. The lowest BCUT2D eigenvalue weighted by atomic mass is 9.87. The molecule has 296 valence electrons. The van der Waals surface area contributed by atoms with Crippen LogP contribution >= 0.6 is 0 Å². The fraction of sp³-hybridized carbons (Fsp3) is 0.0678. The Hall–Kier alpha value is -7.95. The van der Waals surface area contributed by atoms with E-state index >= 15 is 0 Å². The summed E-state index contributed by atoms with van der Waals surface area (Å²) in [5.41, 5.74) is 14.6. The number of allylic oxidation sites excluding steroid dienone is 2.